The Morgan fingerprint density at radius 1 is 0.964 bits per heavy atom. The van der Waals surface area contributed by atoms with E-state index in [9.17, 15) is 20.2 Å². The van der Waals surface area contributed by atoms with Crippen LogP contribution in [0.4, 0.5) is 17.1 Å². The standard InChI is InChI=1S/C17H18N4O7/c1-10(11-7-15(26-2)17(28-4)16(8-11)27-3)18-19-13-6-5-12(20(22)23)9-14(13)21(24)25/h5-9,19H,1-4H3. The lowest BCUT2D eigenvalue weighted by Crippen LogP contribution is -2.04. The summed E-state index contributed by atoms with van der Waals surface area (Å²) in [6.07, 6.45) is 0. The predicted molar refractivity (Wildman–Crippen MR) is 102 cm³/mol. The van der Waals surface area contributed by atoms with Crippen molar-refractivity contribution in [2.24, 2.45) is 5.10 Å². The van der Waals surface area contributed by atoms with E-state index in [2.05, 4.69) is 10.5 Å². The number of nitro groups is 2. The molecule has 0 aliphatic carbocycles. The van der Waals surface area contributed by atoms with Crippen molar-refractivity contribution >= 4 is 22.8 Å². The van der Waals surface area contributed by atoms with E-state index < -0.39 is 15.5 Å². The number of hydrazone groups is 1. The number of nitrogens with zero attached hydrogens (tertiary/aromatic N) is 3. The summed E-state index contributed by atoms with van der Waals surface area (Å²) >= 11 is 0. The third-order valence-corrected chi connectivity index (χ3v) is 3.82. The van der Waals surface area contributed by atoms with Crippen molar-refractivity contribution in [1.29, 1.82) is 0 Å². The highest BCUT2D eigenvalue weighted by Crippen LogP contribution is 2.38. The van der Waals surface area contributed by atoms with Gasteiger partial charge in [0, 0.05) is 11.6 Å². The van der Waals surface area contributed by atoms with Crippen LogP contribution >= 0.6 is 0 Å². The average Bonchev–Trinajstić information content (AvgIpc) is 2.70. The van der Waals surface area contributed by atoms with Crippen LogP contribution in [0.3, 0.4) is 0 Å². The van der Waals surface area contributed by atoms with Crippen LogP contribution in [0, 0.1) is 20.2 Å². The first-order chi connectivity index (χ1) is 13.3. The molecular formula is C17H18N4O7. The van der Waals surface area contributed by atoms with E-state index in [0.29, 0.717) is 28.5 Å². The van der Waals surface area contributed by atoms with Crippen molar-refractivity contribution < 1.29 is 24.1 Å². The molecule has 0 amide bonds. The quantitative estimate of drug-likeness (QED) is 0.411. The summed E-state index contributed by atoms with van der Waals surface area (Å²) in [5.41, 5.74) is 2.82. The van der Waals surface area contributed by atoms with Crippen LogP contribution in [-0.2, 0) is 0 Å². The number of hydrogen-bond acceptors (Lipinski definition) is 9. The number of rotatable bonds is 8. The number of methoxy groups -OCH3 is 3. The zero-order valence-electron chi connectivity index (χ0n) is 15.6. The summed E-state index contributed by atoms with van der Waals surface area (Å²) in [6, 6.07) is 6.59. The SMILES string of the molecule is COc1cc(C(C)=NNc2ccc([N+](=O)[O-])cc2[N+](=O)[O-])cc(OC)c1OC. The number of benzene rings is 2. The Bertz CT molecular complexity index is 918. The van der Waals surface area contributed by atoms with Crippen LogP contribution in [0.15, 0.2) is 35.4 Å². The van der Waals surface area contributed by atoms with E-state index in [4.69, 9.17) is 14.2 Å². The van der Waals surface area contributed by atoms with Gasteiger partial charge in [-0.1, -0.05) is 0 Å². The molecule has 0 spiro atoms. The van der Waals surface area contributed by atoms with Crippen LogP contribution in [0.5, 0.6) is 17.2 Å². The Kier molecular flexibility index (Phi) is 6.32. The molecule has 0 unspecified atom stereocenters. The molecule has 0 aliphatic heterocycles. The molecule has 2 aromatic carbocycles. The van der Waals surface area contributed by atoms with E-state index in [0.717, 1.165) is 12.1 Å². The van der Waals surface area contributed by atoms with Gasteiger partial charge in [0.15, 0.2) is 11.5 Å². The summed E-state index contributed by atoms with van der Waals surface area (Å²) in [5.74, 6) is 1.26. The number of nitro benzene ring substituents is 2. The summed E-state index contributed by atoms with van der Waals surface area (Å²) in [5, 5.41) is 26.1. The summed E-state index contributed by atoms with van der Waals surface area (Å²) in [6.45, 7) is 1.67. The van der Waals surface area contributed by atoms with Crippen LogP contribution in [0.25, 0.3) is 0 Å². The molecule has 11 heteroatoms. The van der Waals surface area contributed by atoms with Crippen molar-refractivity contribution in [1.82, 2.24) is 0 Å². The van der Waals surface area contributed by atoms with Crippen LogP contribution < -0.4 is 19.6 Å². The highest BCUT2D eigenvalue weighted by molar-refractivity contribution is 6.00. The predicted octanol–water partition coefficient (Wildman–Crippen LogP) is 3.36. The van der Waals surface area contributed by atoms with E-state index in [1.807, 2.05) is 0 Å². The van der Waals surface area contributed by atoms with E-state index in [-0.39, 0.29) is 11.4 Å². The monoisotopic (exact) mass is 390 g/mol. The van der Waals surface area contributed by atoms with Gasteiger partial charge >= 0.3 is 5.69 Å². The van der Waals surface area contributed by atoms with Gasteiger partial charge in [-0.2, -0.15) is 5.10 Å². The molecule has 0 aromatic heterocycles. The molecule has 148 valence electrons. The minimum absolute atomic E-state index is 0.0161. The first-order valence-corrected chi connectivity index (χ1v) is 7.85. The van der Waals surface area contributed by atoms with Gasteiger partial charge in [-0.05, 0) is 25.1 Å². The molecule has 0 fully saturated rings. The maximum atomic E-state index is 11.2. The van der Waals surface area contributed by atoms with Gasteiger partial charge in [-0.3, -0.25) is 25.7 Å². The van der Waals surface area contributed by atoms with Gasteiger partial charge in [-0.15, -0.1) is 0 Å². The third-order valence-electron chi connectivity index (χ3n) is 3.82. The molecule has 2 aromatic rings. The molecule has 11 nitrogen and oxygen atoms in total. The number of anilines is 1. The van der Waals surface area contributed by atoms with E-state index >= 15 is 0 Å². The number of non-ortho nitro benzene ring substituents is 1. The van der Waals surface area contributed by atoms with Crippen molar-refractivity contribution in [3.63, 3.8) is 0 Å². The second-order valence-electron chi connectivity index (χ2n) is 5.44. The van der Waals surface area contributed by atoms with Gasteiger partial charge < -0.3 is 14.2 Å². The Morgan fingerprint density at radius 2 is 1.57 bits per heavy atom. The smallest absolute Gasteiger partial charge is 0.301 e. The zero-order valence-corrected chi connectivity index (χ0v) is 15.6. The van der Waals surface area contributed by atoms with Gasteiger partial charge in [0.05, 0.1) is 43.0 Å². The molecule has 1 N–H and O–H groups in total. The molecule has 28 heavy (non-hydrogen) atoms. The van der Waals surface area contributed by atoms with Crippen LogP contribution in [0.2, 0.25) is 0 Å². The number of hydrogen-bond donors (Lipinski definition) is 1. The second kappa shape index (κ2) is 8.66. The molecule has 2 rings (SSSR count). The Morgan fingerprint density at radius 3 is 2.04 bits per heavy atom. The first kappa shape index (κ1) is 20.4. The van der Waals surface area contributed by atoms with Gasteiger partial charge in [0.2, 0.25) is 5.75 Å². The Hall–Kier alpha value is -3.89. The highest BCUT2D eigenvalue weighted by Gasteiger charge is 2.19. The maximum absolute atomic E-state index is 11.2. The van der Waals surface area contributed by atoms with Gasteiger partial charge in [0.25, 0.3) is 5.69 Å². The number of nitrogens with one attached hydrogen (secondary N) is 1. The molecular weight excluding hydrogens is 372 g/mol. The fourth-order valence-corrected chi connectivity index (χ4v) is 2.38. The molecule has 0 radical (unpaired) electrons. The van der Waals surface area contributed by atoms with Gasteiger partial charge in [-0.25, -0.2) is 0 Å². The van der Waals surface area contributed by atoms with Crippen LogP contribution in [0.1, 0.15) is 12.5 Å². The van der Waals surface area contributed by atoms with E-state index in [1.54, 1.807) is 19.1 Å². The minimum atomic E-state index is -0.723. The Labute approximate surface area is 159 Å². The van der Waals surface area contributed by atoms with Crippen molar-refractivity contribution in [3.05, 3.63) is 56.1 Å². The largest absolute Gasteiger partial charge is 0.493 e. The highest BCUT2D eigenvalue weighted by atomic mass is 16.6. The molecule has 0 saturated carbocycles. The average molecular weight is 390 g/mol. The van der Waals surface area contributed by atoms with Crippen molar-refractivity contribution in [2.45, 2.75) is 6.92 Å². The molecule has 0 heterocycles. The lowest BCUT2D eigenvalue weighted by atomic mass is 10.1. The molecule has 0 bridgehead atoms. The summed E-state index contributed by atoms with van der Waals surface area (Å²) in [4.78, 5) is 20.6. The van der Waals surface area contributed by atoms with Crippen molar-refractivity contribution in [2.75, 3.05) is 26.8 Å². The molecule has 0 saturated heterocycles. The Balaban J connectivity index is 2.40. The minimum Gasteiger partial charge on any atom is -0.493 e. The summed E-state index contributed by atoms with van der Waals surface area (Å²) in [7, 11) is 4.44. The number of ether oxygens (including phenoxy) is 3. The molecule has 0 atom stereocenters. The lowest BCUT2D eigenvalue weighted by molar-refractivity contribution is -0.393. The van der Waals surface area contributed by atoms with Crippen molar-refractivity contribution in [3.8, 4) is 17.2 Å². The normalized spacial score (nSPS) is 10.9. The third kappa shape index (κ3) is 4.26. The summed E-state index contributed by atoms with van der Waals surface area (Å²) < 4.78 is 15.8. The van der Waals surface area contributed by atoms with Gasteiger partial charge in [0.1, 0.15) is 5.69 Å². The maximum Gasteiger partial charge on any atom is 0.301 e. The first-order valence-electron chi connectivity index (χ1n) is 7.85. The fraction of sp³-hybridized carbons (Fsp3) is 0.235. The lowest BCUT2D eigenvalue weighted by Gasteiger charge is -2.14. The topological polar surface area (TPSA) is 138 Å². The van der Waals surface area contributed by atoms with E-state index in [1.165, 1.54) is 27.4 Å². The zero-order chi connectivity index (χ0) is 20.8. The molecule has 0 aliphatic rings. The fourth-order valence-electron chi connectivity index (χ4n) is 2.38. The second-order valence-corrected chi connectivity index (χ2v) is 5.44. The van der Waals surface area contributed by atoms with Crippen LogP contribution in [-0.4, -0.2) is 36.9 Å².